The van der Waals surface area contributed by atoms with Gasteiger partial charge in [-0.1, -0.05) is 53.6 Å². The van der Waals surface area contributed by atoms with Gasteiger partial charge >= 0.3 is 0 Å². The lowest BCUT2D eigenvalue weighted by Gasteiger charge is -2.15. The molecule has 0 amide bonds. The zero-order chi connectivity index (χ0) is 26.1. The van der Waals surface area contributed by atoms with Gasteiger partial charge in [-0.15, -0.1) is 0 Å². The van der Waals surface area contributed by atoms with Crippen molar-refractivity contribution in [1.82, 2.24) is 0 Å². The molecule has 0 atom stereocenters. The molecule has 0 unspecified atom stereocenters. The number of benzene rings is 4. The molecule has 10 heteroatoms. The van der Waals surface area contributed by atoms with Crippen molar-refractivity contribution in [2.75, 3.05) is 4.72 Å². The van der Waals surface area contributed by atoms with Gasteiger partial charge in [0.25, 0.3) is 10.0 Å². The fourth-order valence-electron chi connectivity index (χ4n) is 3.49. The zero-order valence-electron chi connectivity index (χ0n) is 19.4. The minimum Gasteiger partial charge on any atom is -0.278 e. The van der Waals surface area contributed by atoms with E-state index < -0.39 is 29.7 Å². The third kappa shape index (κ3) is 5.06. The highest BCUT2D eigenvalue weighted by molar-refractivity contribution is 7.93. The van der Waals surface area contributed by atoms with Gasteiger partial charge in [0.05, 0.1) is 30.2 Å². The molecule has 0 saturated heterocycles. The quantitative estimate of drug-likeness (QED) is 0.361. The van der Waals surface area contributed by atoms with Crippen LogP contribution >= 0.6 is 0 Å². The van der Waals surface area contributed by atoms with Gasteiger partial charge in [-0.3, -0.25) is 4.72 Å². The number of sulfonamides is 1. The van der Waals surface area contributed by atoms with Gasteiger partial charge in [0, 0.05) is 0 Å². The summed E-state index contributed by atoms with van der Waals surface area (Å²) >= 11 is 0. The van der Waals surface area contributed by atoms with E-state index in [0.29, 0.717) is 0 Å². The molecule has 0 bridgehead atoms. The van der Waals surface area contributed by atoms with Crippen molar-refractivity contribution in [3.63, 3.8) is 0 Å². The Balaban J connectivity index is 1.90. The van der Waals surface area contributed by atoms with Crippen LogP contribution in [0, 0.1) is 13.8 Å². The Kier molecular flexibility index (Phi) is 6.78. The van der Waals surface area contributed by atoms with Crippen molar-refractivity contribution in [3.05, 3.63) is 108 Å². The molecule has 0 radical (unpaired) electrons. The fraction of sp³-hybridized carbons (Fsp3) is 0.0769. The first-order valence-electron chi connectivity index (χ1n) is 10.8. The second-order valence-corrected chi connectivity index (χ2v) is 13.8. The Labute approximate surface area is 211 Å². The molecule has 0 saturated carbocycles. The van der Waals surface area contributed by atoms with E-state index in [1.165, 1.54) is 36.4 Å². The maximum Gasteiger partial charge on any atom is 0.261 e. The van der Waals surface area contributed by atoms with Crippen LogP contribution in [0.1, 0.15) is 11.1 Å². The molecule has 36 heavy (non-hydrogen) atoms. The summed E-state index contributed by atoms with van der Waals surface area (Å²) in [5.41, 5.74) is 1.32. The van der Waals surface area contributed by atoms with E-state index in [-0.39, 0.29) is 30.2 Å². The predicted molar refractivity (Wildman–Crippen MR) is 137 cm³/mol. The Morgan fingerprint density at radius 1 is 0.500 bits per heavy atom. The van der Waals surface area contributed by atoms with Crippen LogP contribution in [0.5, 0.6) is 0 Å². The van der Waals surface area contributed by atoms with Crippen molar-refractivity contribution in [1.29, 1.82) is 0 Å². The monoisotopic (exact) mass is 541 g/mol. The summed E-state index contributed by atoms with van der Waals surface area (Å²) in [5, 5.41) is 0. The maximum absolute atomic E-state index is 13.5. The van der Waals surface area contributed by atoms with Gasteiger partial charge in [-0.25, -0.2) is 25.3 Å². The van der Waals surface area contributed by atoms with E-state index in [2.05, 4.69) is 4.72 Å². The predicted octanol–water partition coefficient (Wildman–Crippen LogP) is 4.77. The Hall–Kier alpha value is -3.47. The molecule has 1 N–H and O–H groups in total. The molecule has 0 spiro atoms. The van der Waals surface area contributed by atoms with Crippen LogP contribution in [0.2, 0.25) is 0 Å². The summed E-state index contributed by atoms with van der Waals surface area (Å²) in [4.78, 5) is -0.774. The number of hydrogen-bond acceptors (Lipinski definition) is 6. The molecule has 4 aromatic rings. The molecule has 0 heterocycles. The van der Waals surface area contributed by atoms with E-state index in [1.807, 2.05) is 0 Å². The SMILES string of the molecule is Cc1ccc(S(=O)(=O)Nc2cc(S(=O)(=O)c3ccccc3)ccc2S(=O)(=O)c2ccc(C)cc2)cc1. The van der Waals surface area contributed by atoms with Crippen molar-refractivity contribution in [3.8, 4) is 0 Å². The average molecular weight is 542 g/mol. The molecule has 186 valence electrons. The number of hydrogen-bond donors (Lipinski definition) is 1. The molecule has 0 aromatic heterocycles. The summed E-state index contributed by atoms with van der Waals surface area (Å²) in [6.45, 7) is 3.61. The Morgan fingerprint density at radius 2 is 0.972 bits per heavy atom. The van der Waals surface area contributed by atoms with Crippen LogP contribution < -0.4 is 4.72 Å². The molecule has 0 aliphatic heterocycles. The van der Waals surface area contributed by atoms with Gasteiger partial charge in [-0.05, 0) is 68.4 Å². The molecule has 4 aromatic carbocycles. The van der Waals surface area contributed by atoms with E-state index in [9.17, 15) is 25.3 Å². The van der Waals surface area contributed by atoms with Crippen LogP contribution in [0.4, 0.5) is 5.69 Å². The number of aryl methyl sites for hydroxylation is 2. The number of rotatable bonds is 7. The number of sulfone groups is 2. The molecule has 0 fully saturated rings. The maximum atomic E-state index is 13.5. The molecule has 4 rings (SSSR count). The topological polar surface area (TPSA) is 114 Å². The standard InChI is InChI=1S/C26H23NO6S3/c1-19-8-12-22(13-9-19)35(30,31)26-17-16-24(34(28,29)21-6-4-3-5-7-21)18-25(26)27-36(32,33)23-14-10-20(2)11-15-23/h3-18,27H,1-2H3. The van der Waals surface area contributed by atoms with Crippen LogP contribution in [0.3, 0.4) is 0 Å². The highest BCUT2D eigenvalue weighted by Crippen LogP contribution is 2.33. The number of anilines is 1. The second kappa shape index (κ2) is 9.53. The van der Waals surface area contributed by atoms with Gasteiger partial charge in [-0.2, -0.15) is 0 Å². The van der Waals surface area contributed by atoms with Crippen LogP contribution in [-0.4, -0.2) is 25.3 Å². The Bertz CT molecular complexity index is 1730. The summed E-state index contributed by atoms with van der Waals surface area (Å²) in [7, 11) is -12.5. The average Bonchev–Trinajstić information content (AvgIpc) is 2.84. The van der Waals surface area contributed by atoms with Gasteiger partial charge < -0.3 is 0 Å². The summed E-state index contributed by atoms with van der Waals surface area (Å²) in [5.74, 6) is 0. The lowest BCUT2D eigenvalue weighted by molar-refractivity contribution is 0.592. The number of nitrogens with one attached hydrogen (secondary N) is 1. The van der Waals surface area contributed by atoms with Gasteiger partial charge in [0.1, 0.15) is 0 Å². The van der Waals surface area contributed by atoms with E-state index >= 15 is 0 Å². The van der Waals surface area contributed by atoms with Crippen molar-refractivity contribution < 1.29 is 25.3 Å². The first-order chi connectivity index (χ1) is 16.9. The lowest BCUT2D eigenvalue weighted by atomic mass is 10.2. The fourth-order valence-corrected chi connectivity index (χ4v) is 7.33. The van der Waals surface area contributed by atoms with Crippen LogP contribution in [-0.2, 0) is 29.7 Å². The van der Waals surface area contributed by atoms with Gasteiger partial charge in [0.15, 0.2) is 0 Å². The molecule has 0 aliphatic rings. The van der Waals surface area contributed by atoms with E-state index in [0.717, 1.165) is 29.3 Å². The minimum atomic E-state index is -4.24. The smallest absolute Gasteiger partial charge is 0.261 e. The minimum absolute atomic E-state index is 0.00789. The van der Waals surface area contributed by atoms with Crippen molar-refractivity contribution in [2.24, 2.45) is 0 Å². The van der Waals surface area contributed by atoms with Crippen LogP contribution in [0.15, 0.2) is 122 Å². The zero-order valence-corrected chi connectivity index (χ0v) is 21.9. The highest BCUT2D eigenvalue weighted by Gasteiger charge is 2.27. The first kappa shape index (κ1) is 25.6. The lowest BCUT2D eigenvalue weighted by Crippen LogP contribution is -2.16. The first-order valence-corrected chi connectivity index (χ1v) is 15.2. The largest absolute Gasteiger partial charge is 0.278 e. The normalized spacial score (nSPS) is 12.3. The molecular formula is C26H23NO6S3. The van der Waals surface area contributed by atoms with E-state index in [4.69, 9.17) is 0 Å². The van der Waals surface area contributed by atoms with Crippen molar-refractivity contribution in [2.45, 2.75) is 38.3 Å². The second-order valence-electron chi connectivity index (χ2n) is 8.21. The van der Waals surface area contributed by atoms with Crippen LogP contribution in [0.25, 0.3) is 0 Å². The van der Waals surface area contributed by atoms with E-state index in [1.54, 1.807) is 56.3 Å². The highest BCUT2D eigenvalue weighted by atomic mass is 32.2. The third-order valence-electron chi connectivity index (χ3n) is 5.51. The molecule has 7 nitrogen and oxygen atoms in total. The third-order valence-corrected chi connectivity index (χ3v) is 10.5. The Morgan fingerprint density at radius 3 is 1.53 bits per heavy atom. The summed E-state index contributed by atoms with van der Waals surface area (Å²) in [6.07, 6.45) is 0. The van der Waals surface area contributed by atoms with Gasteiger partial charge in [0.2, 0.25) is 19.7 Å². The molecule has 0 aliphatic carbocycles. The summed E-state index contributed by atoms with van der Waals surface area (Å²) < 4.78 is 82.0. The molecular weight excluding hydrogens is 518 g/mol. The summed E-state index contributed by atoms with van der Waals surface area (Å²) in [6, 6.07) is 23.0. The van der Waals surface area contributed by atoms with Crippen molar-refractivity contribution >= 4 is 35.4 Å².